The van der Waals surface area contributed by atoms with Crippen molar-refractivity contribution in [1.82, 2.24) is 9.97 Å². The number of carboxylic acid groups (broad SMARTS) is 1. The maximum absolute atomic E-state index is 12.1. The van der Waals surface area contributed by atoms with Gasteiger partial charge in [0, 0.05) is 15.9 Å². The van der Waals surface area contributed by atoms with Crippen LogP contribution in [0.15, 0.2) is 41.3 Å². The molecule has 0 saturated carbocycles. The average molecular weight is 432 g/mol. The van der Waals surface area contributed by atoms with E-state index in [1.54, 1.807) is 24.4 Å². The number of carboxylic acids is 1. The molecule has 1 aromatic carbocycles. The normalized spacial score (nSPS) is 11.0. The van der Waals surface area contributed by atoms with Gasteiger partial charge in [0.2, 0.25) is 0 Å². The Hall–Kier alpha value is -2.56. The van der Waals surface area contributed by atoms with E-state index in [2.05, 4.69) is 9.97 Å². The topological polar surface area (TPSA) is 106 Å². The van der Waals surface area contributed by atoms with Gasteiger partial charge in [0.25, 0.3) is 5.56 Å². The fraction of sp³-hybridized carbons (Fsp3) is 0.176. The summed E-state index contributed by atoms with van der Waals surface area (Å²) in [6, 6.07) is 9.00. The molecule has 3 rings (SSSR count). The Balaban J connectivity index is 0.000000345. The predicted octanol–water partition coefficient (Wildman–Crippen LogP) is 3.51. The van der Waals surface area contributed by atoms with E-state index in [0.29, 0.717) is 27.7 Å². The van der Waals surface area contributed by atoms with Crippen LogP contribution >= 0.6 is 22.9 Å². The molecule has 0 aliphatic heterocycles. The first-order chi connectivity index (χ1) is 13.1. The number of alkyl halides is 3. The zero-order chi connectivity index (χ0) is 20.9. The van der Waals surface area contributed by atoms with Crippen LogP contribution in [0.1, 0.15) is 5.56 Å². The van der Waals surface area contributed by atoms with Crippen molar-refractivity contribution in [3.63, 3.8) is 0 Å². The minimum absolute atomic E-state index is 0.263. The molecular formula is C17H13ClF3N3O3S. The van der Waals surface area contributed by atoms with Gasteiger partial charge in [-0.05, 0) is 48.9 Å². The molecule has 0 spiro atoms. The van der Waals surface area contributed by atoms with Crippen LogP contribution in [0.2, 0.25) is 5.02 Å². The van der Waals surface area contributed by atoms with Gasteiger partial charge < -0.3 is 10.8 Å². The molecule has 0 atom stereocenters. The Morgan fingerprint density at radius 2 is 1.93 bits per heavy atom. The Kier molecular flexibility index (Phi) is 7.05. The van der Waals surface area contributed by atoms with Crippen molar-refractivity contribution >= 4 is 39.0 Å². The quantitative estimate of drug-likeness (QED) is 0.657. The standard InChI is InChI=1S/C15H12ClN3OS.C2HF3O2/c16-10-1-2-11-13(8-10)21-15(19-14(11)20)12-7-9(3-5-17)4-6-18-12;3-2(4,5)1(6)7/h1-2,4,6-8H,3,5,17H2;(H,6,7). The second-order valence-electron chi connectivity index (χ2n) is 5.36. The van der Waals surface area contributed by atoms with E-state index in [1.165, 1.54) is 11.3 Å². The molecular weight excluding hydrogens is 419 g/mol. The highest BCUT2D eigenvalue weighted by molar-refractivity contribution is 7.21. The van der Waals surface area contributed by atoms with Crippen LogP contribution < -0.4 is 11.3 Å². The fourth-order valence-electron chi connectivity index (χ4n) is 2.06. The predicted molar refractivity (Wildman–Crippen MR) is 101 cm³/mol. The van der Waals surface area contributed by atoms with Gasteiger partial charge in [-0.1, -0.05) is 11.6 Å². The molecule has 0 bridgehead atoms. The van der Waals surface area contributed by atoms with Gasteiger partial charge in [-0.2, -0.15) is 18.2 Å². The summed E-state index contributed by atoms with van der Waals surface area (Å²) in [5.74, 6) is -2.76. The van der Waals surface area contributed by atoms with E-state index in [1.807, 2.05) is 12.1 Å². The number of benzene rings is 1. The zero-order valence-electron chi connectivity index (χ0n) is 14.0. The minimum atomic E-state index is -5.08. The lowest BCUT2D eigenvalue weighted by Crippen LogP contribution is -2.21. The zero-order valence-corrected chi connectivity index (χ0v) is 15.6. The molecule has 148 valence electrons. The van der Waals surface area contributed by atoms with E-state index in [0.717, 1.165) is 16.7 Å². The Morgan fingerprint density at radius 1 is 1.25 bits per heavy atom. The molecule has 6 nitrogen and oxygen atoms in total. The highest BCUT2D eigenvalue weighted by atomic mass is 35.5. The number of pyridine rings is 1. The molecule has 0 fully saturated rings. The number of hydrogen-bond donors (Lipinski definition) is 2. The van der Waals surface area contributed by atoms with Gasteiger partial charge in [0.1, 0.15) is 5.01 Å². The number of aromatic nitrogens is 2. The van der Waals surface area contributed by atoms with Gasteiger partial charge in [0.05, 0.1) is 11.1 Å². The van der Waals surface area contributed by atoms with Gasteiger partial charge in [-0.15, -0.1) is 11.3 Å². The van der Waals surface area contributed by atoms with Crippen LogP contribution in [-0.2, 0) is 11.2 Å². The van der Waals surface area contributed by atoms with Gasteiger partial charge >= 0.3 is 12.1 Å². The summed E-state index contributed by atoms with van der Waals surface area (Å²) < 4.78 is 32.5. The van der Waals surface area contributed by atoms with Crippen molar-refractivity contribution in [2.75, 3.05) is 6.54 Å². The van der Waals surface area contributed by atoms with Crippen molar-refractivity contribution in [2.45, 2.75) is 12.6 Å². The fourth-order valence-corrected chi connectivity index (χ4v) is 3.30. The number of carbonyl (C=O) groups is 1. The molecule has 0 aliphatic carbocycles. The number of fused-ring (bicyclic) bond motifs is 1. The summed E-state index contributed by atoms with van der Waals surface area (Å²) in [5, 5.41) is 8.89. The van der Waals surface area contributed by atoms with Gasteiger partial charge in [-0.3, -0.25) is 9.78 Å². The Morgan fingerprint density at radius 3 is 2.54 bits per heavy atom. The summed E-state index contributed by atoms with van der Waals surface area (Å²) in [5.41, 5.74) is 7.07. The van der Waals surface area contributed by atoms with Crippen LogP contribution in [-0.4, -0.2) is 33.8 Å². The van der Waals surface area contributed by atoms with E-state index in [-0.39, 0.29) is 5.56 Å². The highest BCUT2D eigenvalue weighted by Crippen LogP contribution is 2.27. The van der Waals surface area contributed by atoms with Crippen LogP contribution in [0.3, 0.4) is 0 Å². The third-order valence-electron chi connectivity index (χ3n) is 3.30. The van der Waals surface area contributed by atoms with E-state index in [4.69, 9.17) is 27.2 Å². The Labute approximate surface area is 165 Å². The van der Waals surface area contributed by atoms with Crippen molar-refractivity contribution < 1.29 is 23.1 Å². The molecule has 0 saturated heterocycles. The number of rotatable bonds is 3. The largest absolute Gasteiger partial charge is 0.490 e. The van der Waals surface area contributed by atoms with Gasteiger partial charge in [0.15, 0.2) is 0 Å². The molecule has 0 aliphatic rings. The smallest absolute Gasteiger partial charge is 0.475 e. The molecule has 3 aromatic rings. The maximum atomic E-state index is 12.1. The van der Waals surface area contributed by atoms with E-state index in [9.17, 15) is 18.0 Å². The molecule has 11 heteroatoms. The van der Waals surface area contributed by atoms with Crippen molar-refractivity contribution in [1.29, 1.82) is 0 Å². The number of hydrogen-bond acceptors (Lipinski definition) is 6. The van der Waals surface area contributed by atoms with Crippen molar-refractivity contribution in [2.24, 2.45) is 5.73 Å². The summed E-state index contributed by atoms with van der Waals surface area (Å²) in [6.07, 6.45) is -2.61. The first-order valence-corrected chi connectivity index (χ1v) is 8.87. The van der Waals surface area contributed by atoms with Crippen molar-refractivity contribution in [3.8, 4) is 10.7 Å². The van der Waals surface area contributed by atoms with Crippen LogP contribution in [0.5, 0.6) is 0 Å². The van der Waals surface area contributed by atoms with Crippen LogP contribution in [0, 0.1) is 0 Å². The number of halogens is 4. The number of nitrogens with zero attached hydrogens (tertiary/aromatic N) is 2. The summed E-state index contributed by atoms with van der Waals surface area (Å²) >= 11 is 7.40. The second kappa shape index (κ2) is 9.09. The maximum Gasteiger partial charge on any atom is 0.490 e. The minimum Gasteiger partial charge on any atom is -0.475 e. The monoisotopic (exact) mass is 431 g/mol. The summed E-state index contributed by atoms with van der Waals surface area (Å²) in [6.45, 7) is 0.570. The first kappa shape index (κ1) is 21.7. The SMILES string of the molecule is NCCc1ccnc(-c2nc(=O)c3ccc(Cl)cc3s2)c1.O=C(O)C(F)(F)F. The van der Waals surface area contributed by atoms with Crippen LogP contribution in [0.4, 0.5) is 13.2 Å². The first-order valence-electron chi connectivity index (χ1n) is 7.67. The number of aliphatic carboxylic acids is 1. The second-order valence-corrected chi connectivity index (χ2v) is 6.82. The van der Waals surface area contributed by atoms with Gasteiger partial charge in [-0.25, -0.2) is 4.79 Å². The lowest BCUT2D eigenvalue weighted by Gasteiger charge is -2.04. The molecule has 0 amide bonds. The summed E-state index contributed by atoms with van der Waals surface area (Å²) in [4.78, 5) is 29.4. The Bertz CT molecular complexity index is 1060. The van der Waals surface area contributed by atoms with E-state index < -0.39 is 12.1 Å². The summed E-state index contributed by atoms with van der Waals surface area (Å²) in [7, 11) is 0. The molecule has 3 N–H and O–H groups in total. The molecule has 0 unspecified atom stereocenters. The lowest BCUT2D eigenvalue weighted by atomic mass is 10.2. The molecule has 2 heterocycles. The average Bonchev–Trinajstić information content (AvgIpc) is 2.61. The molecule has 28 heavy (non-hydrogen) atoms. The molecule has 0 radical (unpaired) electrons. The third-order valence-corrected chi connectivity index (χ3v) is 4.59. The number of nitrogens with two attached hydrogens (primary N) is 1. The van der Waals surface area contributed by atoms with Crippen LogP contribution in [0.25, 0.3) is 20.8 Å². The highest BCUT2D eigenvalue weighted by Gasteiger charge is 2.38. The van der Waals surface area contributed by atoms with Crippen molar-refractivity contribution in [3.05, 3.63) is 57.5 Å². The van der Waals surface area contributed by atoms with E-state index >= 15 is 0 Å². The molecule has 2 aromatic heterocycles. The third kappa shape index (κ3) is 5.72. The lowest BCUT2D eigenvalue weighted by molar-refractivity contribution is -0.192.